The summed E-state index contributed by atoms with van der Waals surface area (Å²) in [4.78, 5) is 13.1. The van der Waals surface area contributed by atoms with E-state index in [-0.39, 0.29) is 23.7 Å². The van der Waals surface area contributed by atoms with E-state index in [9.17, 15) is 9.90 Å². The van der Waals surface area contributed by atoms with Gasteiger partial charge in [-0.3, -0.25) is 4.79 Å². The maximum atomic E-state index is 13.1. The molecule has 0 bridgehead atoms. The van der Waals surface area contributed by atoms with Crippen molar-refractivity contribution in [1.29, 1.82) is 0 Å². The van der Waals surface area contributed by atoms with Gasteiger partial charge in [-0.05, 0) is 11.0 Å². The smallest absolute Gasteiger partial charge is 0.158 e. The van der Waals surface area contributed by atoms with Gasteiger partial charge in [0.15, 0.2) is 6.87 Å². The summed E-state index contributed by atoms with van der Waals surface area (Å²) in [6, 6.07) is 9.88. The zero-order valence-corrected chi connectivity index (χ0v) is 27.4. The molecule has 0 fully saturated rings. The van der Waals surface area contributed by atoms with Gasteiger partial charge >= 0.3 is 0 Å². The molecule has 1 aromatic carbocycles. The Kier molecular flexibility index (Phi) is 10.1. The average Bonchev–Trinajstić information content (AvgIpc) is 2.60. The van der Waals surface area contributed by atoms with E-state index in [1.54, 1.807) is 6.08 Å². The lowest BCUT2D eigenvalue weighted by Crippen LogP contribution is -2.85. The predicted octanol–water partition coefficient (Wildman–Crippen LogP) is 7.04. The molecule has 1 aromatic rings. The number of ketones is 1. The predicted molar refractivity (Wildman–Crippen MR) is 156 cm³/mol. The normalized spacial score (nSPS) is 16.2. The minimum atomic E-state index is -2.05. The van der Waals surface area contributed by atoms with Gasteiger partial charge in [-0.15, -0.1) is 0 Å². The van der Waals surface area contributed by atoms with Crippen molar-refractivity contribution in [3.63, 3.8) is 0 Å². The van der Waals surface area contributed by atoms with Crippen molar-refractivity contribution < 1.29 is 14.3 Å². The SMILES string of the molecule is CC(C)(C)[C@H](CC(=O)C[C@H](O)/C=C/c1ccccc1)O[Si]([Si](C)(C)C)([Si](C)(C)C)[Si](C)(C)C. The Bertz CT molecular complexity index is 758. The first-order valence-corrected chi connectivity index (χ1v) is 27.7. The molecule has 3 nitrogen and oxygen atoms in total. The summed E-state index contributed by atoms with van der Waals surface area (Å²) in [5.41, 5.74) is 0.897. The van der Waals surface area contributed by atoms with Crippen molar-refractivity contribution in [3.05, 3.63) is 42.0 Å². The summed E-state index contributed by atoms with van der Waals surface area (Å²) in [5.74, 6) is 0.0877. The number of Topliss-reactive ketones (excluding diaryl/α,β-unsaturated/α-hetero) is 1. The van der Waals surface area contributed by atoms with Crippen LogP contribution in [0.2, 0.25) is 58.9 Å². The zero-order valence-electron chi connectivity index (χ0n) is 23.4. The lowest BCUT2D eigenvalue weighted by molar-refractivity contribution is -0.123. The summed E-state index contributed by atoms with van der Waals surface area (Å²) in [7, 11) is -4.84. The van der Waals surface area contributed by atoms with Crippen molar-refractivity contribution in [2.24, 2.45) is 5.41 Å². The molecule has 0 unspecified atom stereocenters. The van der Waals surface area contributed by atoms with E-state index in [1.807, 2.05) is 36.4 Å². The van der Waals surface area contributed by atoms with Crippen LogP contribution in [-0.2, 0) is 9.22 Å². The maximum absolute atomic E-state index is 13.1. The third kappa shape index (κ3) is 7.97. The molecule has 0 aliphatic rings. The second-order valence-electron chi connectivity index (χ2n) is 13.7. The Morgan fingerprint density at radius 2 is 1.33 bits per heavy atom. The Morgan fingerprint density at radius 1 is 0.879 bits per heavy atom. The Labute approximate surface area is 207 Å². The van der Waals surface area contributed by atoms with Crippen LogP contribution in [0.1, 0.15) is 39.2 Å². The molecule has 0 spiro atoms. The lowest BCUT2D eigenvalue weighted by Gasteiger charge is -2.58. The highest BCUT2D eigenvalue weighted by molar-refractivity contribution is 7.87. The fourth-order valence-electron chi connectivity index (χ4n) is 6.02. The van der Waals surface area contributed by atoms with Gasteiger partial charge in [-0.25, -0.2) is 0 Å². The molecule has 1 rings (SSSR count). The second kappa shape index (κ2) is 11.0. The Balaban J connectivity index is 3.17. The molecule has 0 saturated heterocycles. The monoisotopic (exact) mass is 522 g/mol. The number of carbonyl (C=O) groups excluding carboxylic acids is 1. The average molecular weight is 523 g/mol. The highest BCUT2D eigenvalue weighted by atomic mass is 29.9. The maximum Gasteiger partial charge on any atom is 0.158 e. The zero-order chi connectivity index (χ0) is 25.9. The first-order chi connectivity index (χ1) is 14.7. The Hall–Kier alpha value is -0.582. The molecule has 7 heteroatoms. The van der Waals surface area contributed by atoms with Gasteiger partial charge in [0, 0.05) is 12.8 Å². The number of hydrogen-bond donors (Lipinski definition) is 1. The summed E-state index contributed by atoms with van der Waals surface area (Å²) < 4.78 is 7.48. The molecule has 33 heavy (non-hydrogen) atoms. The molecule has 0 saturated carbocycles. The van der Waals surface area contributed by atoms with Crippen molar-refractivity contribution in [2.75, 3.05) is 0 Å². The largest absolute Gasteiger partial charge is 0.422 e. The van der Waals surface area contributed by atoms with E-state index in [0.29, 0.717) is 6.42 Å². The molecule has 0 aliphatic carbocycles. The molecule has 2 atom stereocenters. The highest BCUT2D eigenvalue weighted by Crippen LogP contribution is 2.41. The van der Waals surface area contributed by atoms with Gasteiger partial charge < -0.3 is 9.53 Å². The van der Waals surface area contributed by atoms with E-state index in [1.165, 1.54) is 0 Å². The van der Waals surface area contributed by atoms with Gasteiger partial charge in [0.25, 0.3) is 0 Å². The van der Waals surface area contributed by atoms with Crippen LogP contribution in [0.4, 0.5) is 0 Å². The van der Waals surface area contributed by atoms with E-state index in [4.69, 9.17) is 4.43 Å². The summed E-state index contributed by atoms with van der Waals surface area (Å²) in [5, 5.41) is 10.5. The van der Waals surface area contributed by atoms with Gasteiger partial charge in [0.2, 0.25) is 0 Å². The van der Waals surface area contributed by atoms with Crippen LogP contribution in [0, 0.1) is 5.41 Å². The quantitative estimate of drug-likeness (QED) is 0.317. The molecule has 0 amide bonds. The third-order valence-electron chi connectivity index (χ3n) is 6.61. The van der Waals surface area contributed by atoms with Crippen molar-refractivity contribution >= 4 is 41.5 Å². The van der Waals surface area contributed by atoms with Gasteiger partial charge in [-0.1, -0.05) is 122 Å². The molecule has 0 radical (unpaired) electrons. The summed E-state index contributed by atoms with van der Waals surface area (Å²) >= 11 is 0. The second-order valence-corrected chi connectivity index (χ2v) is 53.1. The fraction of sp³-hybridized carbons (Fsp3) is 0.654. The van der Waals surface area contributed by atoms with E-state index in [0.717, 1.165) is 5.56 Å². The molecule has 0 aromatic heterocycles. The molecule has 0 aliphatic heterocycles. The topological polar surface area (TPSA) is 46.5 Å². The molecule has 0 heterocycles. The highest BCUT2D eigenvalue weighted by Gasteiger charge is 2.65. The minimum absolute atomic E-state index is 0.0877. The van der Waals surface area contributed by atoms with E-state index in [2.05, 4.69) is 79.7 Å². The van der Waals surface area contributed by atoms with Gasteiger partial charge in [-0.2, -0.15) is 0 Å². The number of benzene rings is 1. The molecular weight excluding hydrogens is 473 g/mol. The van der Waals surface area contributed by atoms with Crippen LogP contribution in [0.5, 0.6) is 0 Å². The van der Waals surface area contributed by atoms with Crippen LogP contribution in [0.25, 0.3) is 6.08 Å². The van der Waals surface area contributed by atoms with Crippen LogP contribution < -0.4 is 0 Å². The van der Waals surface area contributed by atoms with Crippen molar-refractivity contribution in [2.45, 2.75) is 105 Å². The number of aliphatic hydroxyl groups is 1. The fourth-order valence-corrected chi connectivity index (χ4v) is 100. The standard InChI is InChI=1S/C26H50O3Si4/c1-26(2,3)25(29-33(30(4,5)6,31(7,8)9)32(10,11)12)21-24(28)20-23(27)19-18-22-16-14-13-15-17-22/h13-19,23,25,27H,20-21H2,1-12H3/b19-18+/t23-,25+/m1/s1. The summed E-state index contributed by atoms with van der Waals surface area (Å²) in [6.45, 7) is 27.1. The van der Waals surface area contributed by atoms with Crippen LogP contribution >= 0.6 is 0 Å². The number of carbonyl (C=O) groups is 1. The Morgan fingerprint density at radius 3 is 1.73 bits per heavy atom. The van der Waals surface area contributed by atoms with Crippen LogP contribution in [0.3, 0.4) is 0 Å². The van der Waals surface area contributed by atoms with Gasteiger partial charge in [0.1, 0.15) is 5.78 Å². The molecule has 188 valence electrons. The van der Waals surface area contributed by atoms with Crippen LogP contribution in [-0.4, -0.2) is 52.7 Å². The number of aliphatic hydroxyl groups excluding tert-OH is 1. The van der Waals surface area contributed by atoms with Crippen molar-refractivity contribution in [3.8, 4) is 0 Å². The van der Waals surface area contributed by atoms with Crippen molar-refractivity contribution in [1.82, 2.24) is 0 Å². The molecular formula is C26H50O3Si4. The lowest BCUT2D eigenvalue weighted by atomic mass is 9.85. The first-order valence-electron chi connectivity index (χ1n) is 12.3. The summed E-state index contributed by atoms with van der Waals surface area (Å²) in [6.07, 6.45) is 3.26. The first kappa shape index (κ1) is 30.4. The minimum Gasteiger partial charge on any atom is -0.422 e. The third-order valence-corrected chi connectivity index (χ3v) is 74.2. The van der Waals surface area contributed by atoms with E-state index < -0.39 is 35.7 Å². The van der Waals surface area contributed by atoms with Gasteiger partial charge in [0.05, 0.1) is 35.0 Å². The number of rotatable bonds is 11. The number of hydrogen-bond acceptors (Lipinski definition) is 3. The molecule has 1 N–H and O–H groups in total. The van der Waals surface area contributed by atoms with Crippen LogP contribution in [0.15, 0.2) is 36.4 Å². The van der Waals surface area contributed by atoms with E-state index >= 15 is 0 Å².